The minimum atomic E-state index is 0.664. The first-order valence-corrected chi connectivity index (χ1v) is 7.93. The monoisotopic (exact) mass is 258 g/mol. The van der Waals surface area contributed by atoms with E-state index in [1.165, 1.54) is 63.8 Å². The van der Waals surface area contributed by atoms with Gasteiger partial charge in [-0.15, -0.1) is 0 Å². The number of piperidine rings is 2. The van der Waals surface area contributed by atoms with Gasteiger partial charge in [0.25, 0.3) is 0 Å². The Morgan fingerprint density at radius 2 is 1.95 bits per heavy atom. The summed E-state index contributed by atoms with van der Waals surface area (Å²) in [4.78, 5) is 2.75. The Labute approximate surface area is 117 Å². The second-order valence-corrected chi connectivity index (χ2v) is 6.13. The van der Waals surface area contributed by atoms with E-state index in [-0.39, 0.29) is 0 Å². The normalized spacial score (nSPS) is 29.3. The third kappa shape index (κ3) is 3.37. The highest BCUT2D eigenvalue weighted by Crippen LogP contribution is 2.31. The first kappa shape index (κ1) is 13.1. The van der Waals surface area contributed by atoms with Gasteiger partial charge in [-0.25, -0.2) is 0 Å². The lowest BCUT2D eigenvalue weighted by molar-refractivity contribution is 0.117. The Kier molecular flexibility index (Phi) is 4.52. The van der Waals surface area contributed by atoms with Crippen LogP contribution in [-0.2, 0) is 0 Å². The molecule has 2 aliphatic heterocycles. The second-order valence-electron chi connectivity index (χ2n) is 6.13. The van der Waals surface area contributed by atoms with Crippen molar-refractivity contribution in [3.05, 3.63) is 35.9 Å². The van der Waals surface area contributed by atoms with Crippen LogP contribution in [-0.4, -0.2) is 31.1 Å². The van der Waals surface area contributed by atoms with Crippen LogP contribution < -0.4 is 5.32 Å². The van der Waals surface area contributed by atoms with Crippen LogP contribution in [0.4, 0.5) is 0 Å². The summed E-state index contributed by atoms with van der Waals surface area (Å²) in [5.74, 6) is 0.859. The molecule has 3 rings (SSSR count). The Bertz CT molecular complexity index is 370. The summed E-state index contributed by atoms with van der Waals surface area (Å²) < 4.78 is 0. The molecule has 1 N–H and O–H groups in total. The van der Waals surface area contributed by atoms with E-state index in [0.717, 1.165) is 5.92 Å². The molecule has 2 saturated heterocycles. The van der Waals surface area contributed by atoms with Crippen molar-refractivity contribution in [1.82, 2.24) is 10.2 Å². The third-order valence-electron chi connectivity index (χ3n) is 4.69. The van der Waals surface area contributed by atoms with Gasteiger partial charge in [-0.05, 0) is 56.8 Å². The maximum absolute atomic E-state index is 3.55. The van der Waals surface area contributed by atoms with Crippen LogP contribution in [0.5, 0.6) is 0 Å². The average Bonchev–Trinajstić information content (AvgIpc) is 2.50. The molecule has 0 aromatic heterocycles. The van der Waals surface area contributed by atoms with Crippen LogP contribution in [0.25, 0.3) is 0 Å². The largest absolute Gasteiger partial charge is 0.316 e. The van der Waals surface area contributed by atoms with Gasteiger partial charge < -0.3 is 5.32 Å². The first-order valence-electron chi connectivity index (χ1n) is 7.93. The average molecular weight is 258 g/mol. The molecule has 0 radical (unpaired) electrons. The van der Waals surface area contributed by atoms with Gasteiger partial charge in [0.15, 0.2) is 0 Å². The lowest BCUT2D eigenvalue weighted by Gasteiger charge is -2.39. The smallest absolute Gasteiger partial charge is 0.0348 e. The minimum absolute atomic E-state index is 0.664. The van der Waals surface area contributed by atoms with Crippen LogP contribution >= 0.6 is 0 Å². The number of hydrogen-bond acceptors (Lipinski definition) is 2. The van der Waals surface area contributed by atoms with Gasteiger partial charge in [0, 0.05) is 12.6 Å². The van der Waals surface area contributed by atoms with Gasteiger partial charge in [-0.1, -0.05) is 36.8 Å². The highest BCUT2D eigenvalue weighted by Gasteiger charge is 2.26. The van der Waals surface area contributed by atoms with Crippen molar-refractivity contribution in [3.63, 3.8) is 0 Å². The van der Waals surface area contributed by atoms with Gasteiger partial charge in [-0.3, -0.25) is 4.90 Å². The molecule has 2 atom stereocenters. The van der Waals surface area contributed by atoms with Gasteiger partial charge in [0.05, 0.1) is 0 Å². The van der Waals surface area contributed by atoms with E-state index in [1.54, 1.807) is 0 Å². The molecule has 2 heterocycles. The number of benzene rings is 1. The maximum atomic E-state index is 3.55. The first-order chi connectivity index (χ1) is 9.43. The zero-order valence-electron chi connectivity index (χ0n) is 11.9. The Balaban J connectivity index is 1.66. The fraction of sp³-hybridized carbons (Fsp3) is 0.647. The molecule has 2 aliphatic rings. The van der Waals surface area contributed by atoms with Crippen molar-refractivity contribution in [1.29, 1.82) is 0 Å². The minimum Gasteiger partial charge on any atom is -0.316 e. The highest BCUT2D eigenvalue weighted by molar-refractivity contribution is 5.19. The quantitative estimate of drug-likeness (QED) is 0.895. The van der Waals surface area contributed by atoms with Crippen molar-refractivity contribution in [2.45, 2.75) is 38.1 Å². The lowest BCUT2D eigenvalue weighted by atomic mass is 9.92. The van der Waals surface area contributed by atoms with E-state index in [2.05, 4.69) is 40.5 Å². The number of nitrogens with one attached hydrogen (secondary N) is 1. The van der Waals surface area contributed by atoms with E-state index in [9.17, 15) is 0 Å². The van der Waals surface area contributed by atoms with Crippen LogP contribution in [0.3, 0.4) is 0 Å². The van der Waals surface area contributed by atoms with Crippen molar-refractivity contribution in [2.75, 3.05) is 26.2 Å². The molecule has 1 aromatic carbocycles. The summed E-state index contributed by atoms with van der Waals surface area (Å²) in [5.41, 5.74) is 1.52. The summed E-state index contributed by atoms with van der Waals surface area (Å²) in [6.07, 6.45) is 6.87. The van der Waals surface area contributed by atoms with Crippen molar-refractivity contribution in [2.24, 2.45) is 5.92 Å². The molecule has 0 bridgehead atoms. The second kappa shape index (κ2) is 6.53. The molecular weight excluding hydrogens is 232 g/mol. The Morgan fingerprint density at radius 3 is 2.74 bits per heavy atom. The fourth-order valence-electron chi connectivity index (χ4n) is 3.67. The van der Waals surface area contributed by atoms with Gasteiger partial charge in [0.1, 0.15) is 0 Å². The van der Waals surface area contributed by atoms with Gasteiger partial charge in [-0.2, -0.15) is 0 Å². The summed E-state index contributed by atoms with van der Waals surface area (Å²) in [7, 11) is 0. The summed E-state index contributed by atoms with van der Waals surface area (Å²) in [5, 5.41) is 3.55. The molecule has 2 fully saturated rings. The number of rotatable bonds is 3. The molecule has 0 saturated carbocycles. The van der Waals surface area contributed by atoms with E-state index < -0.39 is 0 Å². The van der Waals surface area contributed by atoms with Crippen LogP contribution in [0.1, 0.15) is 43.7 Å². The predicted octanol–water partition coefficient (Wildman–Crippen LogP) is 3.21. The number of likely N-dealkylation sites (tertiary alicyclic amines) is 1. The van der Waals surface area contributed by atoms with Gasteiger partial charge >= 0.3 is 0 Å². The number of hydrogen-bond donors (Lipinski definition) is 1. The summed E-state index contributed by atoms with van der Waals surface area (Å²) in [6.45, 7) is 5.01. The molecule has 2 heteroatoms. The van der Waals surface area contributed by atoms with Crippen LogP contribution in [0.2, 0.25) is 0 Å². The Morgan fingerprint density at radius 1 is 1.05 bits per heavy atom. The zero-order valence-corrected chi connectivity index (χ0v) is 11.9. The van der Waals surface area contributed by atoms with Crippen molar-refractivity contribution in [3.8, 4) is 0 Å². The molecule has 2 nitrogen and oxygen atoms in total. The summed E-state index contributed by atoms with van der Waals surface area (Å²) >= 11 is 0. The SMILES string of the molecule is c1ccc(C2CCCCN2CC2CCCNC2)cc1. The molecule has 19 heavy (non-hydrogen) atoms. The van der Waals surface area contributed by atoms with Gasteiger partial charge in [0.2, 0.25) is 0 Å². The van der Waals surface area contributed by atoms with E-state index in [4.69, 9.17) is 0 Å². The van der Waals surface area contributed by atoms with E-state index >= 15 is 0 Å². The molecule has 0 aliphatic carbocycles. The number of nitrogens with zero attached hydrogens (tertiary/aromatic N) is 1. The van der Waals surface area contributed by atoms with E-state index in [0.29, 0.717) is 6.04 Å². The van der Waals surface area contributed by atoms with E-state index in [1.807, 2.05) is 0 Å². The highest BCUT2D eigenvalue weighted by atomic mass is 15.2. The fourth-order valence-corrected chi connectivity index (χ4v) is 3.67. The predicted molar refractivity (Wildman–Crippen MR) is 80.2 cm³/mol. The zero-order chi connectivity index (χ0) is 12.9. The standard InChI is InChI=1S/C17H26N2/c1-2-8-16(9-3-1)17-10-4-5-12-19(17)14-15-7-6-11-18-13-15/h1-3,8-9,15,17-18H,4-7,10-14H2. The van der Waals surface area contributed by atoms with Crippen molar-refractivity contribution < 1.29 is 0 Å². The topological polar surface area (TPSA) is 15.3 Å². The van der Waals surface area contributed by atoms with Crippen LogP contribution in [0.15, 0.2) is 30.3 Å². The molecular formula is C17H26N2. The lowest BCUT2D eigenvalue weighted by Crippen LogP contribution is -2.41. The molecule has 1 aromatic rings. The molecule has 104 valence electrons. The van der Waals surface area contributed by atoms with Crippen LogP contribution in [0, 0.1) is 5.92 Å². The maximum Gasteiger partial charge on any atom is 0.0348 e. The molecule has 0 spiro atoms. The molecule has 2 unspecified atom stereocenters. The Hall–Kier alpha value is -0.860. The van der Waals surface area contributed by atoms with Crippen molar-refractivity contribution >= 4 is 0 Å². The molecule has 0 amide bonds. The summed E-state index contributed by atoms with van der Waals surface area (Å²) in [6, 6.07) is 11.8. The third-order valence-corrected chi connectivity index (χ3v) is 4.69.